The van der Waals surface area contributed by atoms with Crippen LogP contribution in [0.4, 0.5) is 15.8 Å². The number of nitro benzene ring substituents is 1. The number of halogens is 1. The maximum atomic E-state index is 13.7. The molecule has 0 atom stereocenters. The zero-order valence-electron chi connectivity index (χ0n) is 12.2. The maximum absolute atomic E-state index is 13.7. The Labute approximate surface area is 122 Å². The number of rotatable bonds is 4. The maximum Gasteiger partial charge on any atom is 0.292 e. The summed E-state index contributed by atoms with van der Waals surface area (Å²) in [6.45, 7) is 5.79. The first-order valence-corrected chi connectivity index (χ1v) is 6.63. The lowest BCUT2D eigenvalue weighted by Gasteiger charge is -2.11. The molecule has 0 fully saturated rings. The van der Waals surface area contributed by atoms with Gasteiger partial charge in [-0.25, -0.2) is 4.39 Å². The van der Waals surface area contributed by atoms with E-state index in [0.29, 0.717) is 11.3 Å². The SMILES string of the molecule is Cc1ccc(F)c(CNc2cc(C)c(C)cc2[N+](=O)[O-])c1. The molecule has 0 aromatic heterocycles. The van der Waals surface area contributed by atoms with Crippen LogP contribution in [0.15, 0.2) is 30.3 Å². The first-order valence-electron chi connectivity index (χ1n) is 6.63. The summed E-state index contributed by atoms with van der Waals surface area (Å²) >= 11 is 0. The van der Waals surface area contributed by atoms with Crippen molar-refractivity contribution in [1.29, 1.82) is 0 Å². The molecule has 0 aliphatic carbocycles. The lowest BCUT2D eigenvalue weighted by molar-refractivity contribution is -0.384. The average molecular weight is 288 g/mol. The highest BCUT2D eigenvalue weighted by Gasteiger charge is 2.15. The van der Waals surface area contributed by atoms with Crippen molar-refractivity contribution < 1.29 is 9.31 Å². The van der Waals surface area contributed by atoms with Gasteiger partial charge in [-0.1, -0.05) is 17.7 Å². The molecular weight excluding hydrogens is 271 g/mol. The molecule has 5 heteroatoms. The van der Waals surface area contributed by atoms with Crippen LogP contribution in [0, 0.1) is 36.7 Å². The number of aryl methyl sites for hydroxylation is 3. The van der Waals surface area contributed by atoms with Crippen LogP contribution in [0.1, 0.15) is 22.3 Å². The number of hydrogen-bond acceptors (Lipinski definition) is 3. The molecule has 0 spiro atoms. The van der Waals surface area contributed by atoms with Gasteiger partial charge in [0, 0.05) is 18.2 Å². The standard InChI is InChI=1S/C16H17FN2O2/c1-10-4-5-14(17)13(6-10)9-18-15-7-11(2)12(3)8-16(15)19(20)21/h4-8,18H,9H2,1-3H3. The highest BCUT2D eigenvalue weighted by molar-refractivity contribution is 5.64. The summed E-state index contributed by atoms with van der Waals surface area (Å²) in [4.78, 5) is 10.7. The molecule has 0 aliphatic heterocycles. The third kappa shape index (κ3) is 3.37. The van der Waals surface area contributed by atoms with Crippen molar-refractivity contribution in [3.63, 3.8) is 0 Å². The van der Waals surface area contributed by atoms with Crippen LogP contribution in [-0.2, 0) is 6.54 Å². The molecule has 0 bridgehead atoms. The van der Waals surface area contributed by atoms with Gasteiger partial charge in [0.05, 0.1) is 4.92 Å². The van der Waals surface area contributed by atoms with E-state index in [0.717, 1.165) is 16.7 Å². The second kappa shape index (κ2) is 5.91. The zero-order chi connectivity index (χ0) is 15.6. The third-order valence-electron chi connectivity index (χ3n) is 3.48. The molecule has 4 nitrogen and oxygen atoms in total. The number of benzene rings is 2. The van der Waals surface area contributed by atoms with E-state index in [9.17, 15) is 14.5 Å². The molecule has 1 N–H and O–H groups in total. The van der Waals surface area contributed by atoms with E-state index < -0.39 is 4.92 Å². The zero-order valence-corrected chi connectivity index (χ0v) is 12.2. The molecule has 2 aromatic carbocycles. The van der Waals surface area contributed by atoms with Crippen molar-refractivity contribution in [2.75, 3.05) is 5.32 Å². The largest absolute Gasteiger partial charge is 0.375 e. The number of nitro groups is 1. The predicted octanol–water partition coefficient (Wildman–Crippen LogP) is 4.27. The molecule has 0 heterocycles. The van der Waals surface area contributed by atoms with Crippen LogP contribution in [0.3, 0.4) is 0 Å². The van der Waals surface area contributed by atoms with Gasteiger partial charge >= 0.3 is 0 Å². The van der Waals surface area contributed by atoms with E-state index in [1.807, 2.05) is 20.8 Å². The minimum atomic E-state index is -0.429. The van der Waals surface area contributed by atoms with Crippen molar-refractivity contribution in [2.24, 2.45) is 0 Å². The van der Waals surface area contributed by atoms with Crippen molar-refractivity contribution in [3.8, 4) is 0 Å². The average Bonchev–Trinajstić information content (AvgIpc) is 2.42. The molecular formula is C16H17FN2O2. The lowest BCUT2D eigenvalue weighted by atomic mass is 10.1. The van der Waals surface area contributed by atoms with E-state index in [4.69, 9.17) is 0 Å². The van der Waals surface area contributed by atoms with Gasteiger partial charge in [0.1, 0.15) is 11.5 Å². The smallest absolute Gasteiger partial charge is 0.292 e. The monoisotopic (exact) mass is 288 g/mol. The fourth-order valence-corrected chi connectivity index (χ4v) is 2.12. The molecule has 0 saturated carbocycles. The predicted molar refractivity (Wildman–Crippen MR) is 81.0 cm³/mol. The van der Waals surface area contributed by atoms with Gasteiger partial charge in [0.25, 0.3) is 5.69 Å². The topological polar surface area (TPSA) is 55.2 Å². The molecule has 0 saturated heterocycles. The van der Waals surface area contributed by atoms with Crippen LogP contribution >= 0.6 is 0 Å². The Morgan fingerprint density at radius 3 is 2.48 bits per heavy atom. The molecule has 21 heavy (non-hydrogen) atoms. The summed E-state index contributed by atoms with van der Waals surface area (Å²) in [6.07, 6.45) is 0. The van der Waals surface area contributed by atoms with Crippen LogP contribution < -0.4 is 5.32 Å². The summed E-state index contributed by atoms with van der Waals surface area (Å²) in [5.74, 6) is -0.320. The van der Waals surface area contributed by atoms with Gasteiger partial charge in [-0.05, 0) is 44.0 Å². The Bertz CT molecular complexity index is 699. The summed E-state index contributed by atoms with van der Waals surface area (Å²) in [6, 6.07) is 8.08. The Morgan fingerprint density at radius 1 is 1.14 bits per heavy atom. The summed E-state index contributed by atoms with van der Waals surface area (Å²) in [5, 5.41) is 14.1. The van der Waals surface area contributed by atoms with Crippen molar-refractivity contribution >= 4 is 11.4 Å². The number of anilines is 1. The number of nitrogens with one attached hydrogen (secondary N) is 1. The molecule has 0 radical (unpaired) electrons. The van der Waals surface area contributed by atoms with Crippen LogP contribution in [-0.4, -0.2) is 4.92 Å². The second-order valence-corrected chi connectivity index (χ2v) is 5.16. The van der Waals surface area contributed by atoms with Gasteiger partial charge in [0.15, 0.2) is 0 Å². The van der Waals surface area contributed by atoms with Crippen LogP contribution in [0.25, 0.3) is 0 Å². The van der Waals surface area contributed by atoms with Crippen LogP contribution in [0.2, 0.25) is 0 Å². The Kier molecular flexibility index (Phi) is 4.21. The van der Waals surface area contributed by atoms with E-state index in [2.05, 4.69) is 5.32 Å². The quantitative estimate of drug-likeness (QED) is 0.675. The Balaban J connectivity index is 2.29. The van der Waals surface area contributed by atoms with Crippen LogP contribution in [0.5, 0.6) is 0 Å². The Hall–Kier alpha value is -2.43. The molecule has 0 unspecified atom stereocenters. The minimum absolute atomic E-state index is 0.00570. The summed E-state index contributed by atoms with van der Waals surface area (Å²) in [7, 11) is 0. The van der Waals surface area contributed by atoms with Gasteiger partial charge in [-0.2, -0.15) is 0 Å². The minimum Gasteiger partial charge on any atom is -0.375 e. The van der Waals surface area contributed by atoms with Gasteiger partial charge < -0.3 is 5.32 Å². The second-order valence-electron chi connectivity index (χ2n) is 5.16. The van der Waals surface area contributed by atoms with E-state index in [1.165, 1.54) is 12.1 Å². The van der Waals surface area contributed by atoms with E-state index in [1.54, 1.807) is 18.2 Å². The van der Waals surface area contributed by atoms with E-state index >= 15 is 0 Å². The van der Waals surface area contributed by atoms with Gasteiger partial charge in [-0.3, -0.25) is 10.1 Å². The number of hydrogen-bond donors (Lipinski definition) is 1. The van der Waals surface area contributed by atoms with Crippen molar-refractivity contribution in [2.45, 2.75) is 27.3 Å². The Morgan fingerprint density at radius 2 is 1.81 bits per heavy atom. The molecule has 2 aromatic rings. The fraction of sp³-hybridized carbons (Fsp3) is 0.250. The lowest BCUT2D eigenvalue weighted by Crippen LogP contribution is -2.05. The first kappa shape index (κ1) is 15.0. The van der Waals surface area contributed by atoms with E-state index in [-0.39, 0.29) is 18.0 Å². The summed E-state index contributed by atoms with van der Waals surface area (Å²) in [5.41, 5.74) is 3.65. The molecule has 0 amide bonds. The molecule has 2 rings (SSSR count). The highest BCUT2D eigenvalue weighted by Crippen LogP contribution is 2.28. The normalized spacial score (nSPS) is 10.5. The van der Waals surface area contributed by atoms with Gasteiger partial charge in [-0.15, -0.1) is 0 Å². The molecule has 110 valence electrons. The van der Waals surface area contributed by atoms with Gasteiger partial charge in [0.2, 0.25) is 0 Å². The summed E-state index contributed by atoms with van der Waals surface area (Å²) < 4.78 is 13.7. The highest BCUT2D eigenvalue weighted by atomic mass is 19.1. The van der Waals surface area contributed by atoms with Crippen molar-refractivity contribution in [1.82, 2.24) is 0 Å². The fourth-order valence-electron chi connectivity index (χ4n) is 2.12. The first-order chi connectivity index (χ1) is 9.88. The third-order valence-corrected chi connectivity index (χ3v) is 3.48. The molecule has 0 aliphatic rings. The number of nitrogens with zero attached hydrogens (tertiary/aromatic N) is 1. The van der Waals surface area contributed by atoms with Crippen molar-refractivity contribution in [3.05, 3.63) is 68.5 Å².